The Kier molecular flexibility index (Phi) is 4.39. The molecule has 18 heavy (non-hydrogen) atoms. The van der Waals surface area contributed by atoms with Gasteiger partial charge in [0.1, 0.15) is 0 Å². The molecular weight excluding hydrogens is 246 g/mol. The maximum atomic E-state index is 6.34. The smallest absolute Gasteiger partial charge is 0.0693 e. The summed E-state index contributed by atoms with van der Waals surface area (Å²) in [6.45, 7) is 4.05. The van der Waals surface area contributed by atoms with Crippen molar-refractivity contribution in [1.29, 1.82) is 0 Å². The Morgan fingerprint density at radius 2 is 2.17 bits per heavy atom. The fraction of sp³-hybridized carbons (Fsp3) is 0.357. The van der Waals surface area contributed by atoms with Crippen LogP contribution >= 0.6 is 11.6 Å². The van der Waals surface area contributed by atoms with Gasteiger partial charge in [0.15, 0.2) is 0 Å². The van der Waals surface area contributed by atoms with Crippen LogP contribution in [0.25, 0.3) is 11.3 Å². The molecule has 0 amide bonds. The lowest BCUT2D eigenvalue weighted by atomic mass is 10.1. The standard InChI is InChI=1S/C14H18ClN3/c1-3-7-16-10-11-4-5-12(13(15)9-11)14-6-8-17-18(14)2/h4-6,8-9,16H,3,7,10H2,1-2H3. The Hall–Kier alpha value is -1.32. The van der Waals surface area contributed by atoms with E-state index in [0.29, 0.717) is 0 Å². The van der Waals surface area contributed by atoms with Gasteiger partial charge >= 0.3 is 0 Å². The summed E-state index contributed by atoms with van der Waals surface area (Å²) in [4.78, 5) is 0. The number of aryl methyl sites for hydroxylation is 1. The molecule has 0 bridgehead atoms. The molecule has 4 heteroatoms. The van der Waals surface area contributed by atoms with Gasteiger partial charge in [-0.2, -0.15) is 5.10 Å². The molecular formula is C14H18ClN3. The molecule has 0 aliphatic heterocycles. The zero-order valence-corrected chi connectivity index (χ0v) is 11.5. The Balaban J connectivity index is 2.18. The van der Waals surface area contributed by atoms with Gasteiger partial charge in [0.05, 0.1) is 10.7 Å². The lowest BCUT2D eigenvalue weighted by molar-refractivity contribution is 0.675. The van der Waals surface area contributed by atoms with Gasteiger partial charge in [0.2, 0.25) is 0 Å². The Labute approximate surface area is 113 Å². The molecule has 1 heterocycles. The second-order valence-corrected chi connectivity index (χ2v) is 4.74. The summed E-state index contributed by atoms with van der Waals surface area (Å²) in [6, 6.07) is 8.15. The molecule has 0 atom stereocenters. The predicted molar refractivity (Wildman–Crippen MR) is 75.7 cm³/mol. The van der Waals surface area contributed by atoms with E-state index >= 15 is 0 Å². The Bertz CT molecular complexity index is 520. The minimum absolute atomic E-state index is 0.773. The number of hydrogen-bond donors (Lipinski definition) is 1. The van der Waals surface area contributed by atoms with Crippen LogP contribution in [0.15, 0.2) is 30.5 Å². The molecule has 0 spiro atoms. The zero-order valence-electron chi connectivity index (χ0n) is 10.8. The molecule has 0 fully saturated rings. The van der Waals surface area contributed by atoms with Crippen LogP contribution < -0.4 is 5.32 Å². The average molecular weight is 264 g/mol. The number of aromatic nitrogens is 2. The van der Waals surface area contributed by atoms with E-state index in [4.69, 9.17) is 11.6 Å². The van der Waals surface area contributed by atoms with Crippen LogP contribution in [-0.4, -0.2) is 16.3 Å². The van der Waals surface area contributed by atoms with Crippen molar-refractivity contribution in [1.82, 2.24) is 15.1 Å². The molecule has 2 rings (SSSR count). The minimum atomic E-state index is 0.773. The first-order valence-electron chi connectivity index (χ1n) is 6.20. The van der Waals surface area contributed by atoms with E-state index < -0.39 is 0 Å². The molecule has 1 N–H and O–H groups in total. The monoisotopic (exact) mass is 263 g/mol. The Morgan fingerprint density at radius 1 is 1.33 bits per heavy atom. The maximum absolute atomic E-state index is 6.34. The third kappa shape index (κ3) is 2.92. The summed E-state index contributed by atoms with van der Waals surface area (Å²) in [5, 5.41) is 8.30. The number of hydrogen-bond acceptors (Lipinski definition) is 2. The van der Waals surface area contributed by atoms with Gasteiger partial charge in [-0.15, -0.1) is 0 Å². The highest BCUT2D eigenvalue weighted by molar-refractivity contribution is 6.33. The fourth-order valence-corrected chi connectivity index (χ4v) is 2.22. The quantitative estimate of drug-likeness (QED) is 0.840. The zero-order chi connectivity index (χ0) is 13.0. The average Bonchev–Trinajstić information content (AvgIpc) is 2.76. The molecule has 0 unspecified atom stereocenters. The molecule has 2 aromatic rings. The van der Waals surface area contributed by atoms with E-state index in [1.807, 2.05) is 23.9 Å². The molecule has 96 valence electrons. The summed E-state index contributed by atoms with van der Waals surface area (Å²) in [6.07, 6.45) is 2.92. The van der Waals surface area contributed by atoms with Crippen LogP contribution in [-0.2, 0) is 13.6 Å². The lowest BCUT2D eigenvalue weighted by Crippen LogP contribution is -2.13. The van der Waals surface area contributed by atoms with Gasteiger partial charge in [-0.1, -0.05) is 30.7 Å². The van der Waals surface area contributed by atoms with E-state index in [9.17, 15) is 0 Å². The topological polar surface area (TPSA) is 29.9 Å². The highest BCUT2D eigenvalue weighted by atomic mass is 35.5. The van der Waals surface area contributed by atoms with E-state index in [2.05, 4.69) is 29.5 Å². The molecule has 0 aliphatic carbocycles. The number of rotatable bonds is 5. The molecule has 1 aromatic heterocycles. The van der Waals surface area contributed by atoms with Crippen LogP contribution in [0.2, 0.25) is 5.02 Å². The first-order chi connectivity index (χ1) is 8.72. The van der Waals surface area contributed by atoms with Gasteiger partial charge in [-0.3, -0.25) is 4.68 Å². The predicted octanol–water partition coefficient (Wildman–Crippen LogP) is 3.24. The van der Waals surface area contributed by atoms with Crippen molar-refractivity contribution in [2.45, 2.75) is 19.9 Å². The SMILES string of the molecule is CCCNCc1ccc(-c2ccnn2C)c(Cl)c1. The molecule has 0 aliphatic rings. The van der Waals surface area contributed by atoms with Crippen molar-refractivity contribution in [3.63, 3.8) is 0 Å². The molecule has 0 saturated heterocycles. The Morgan fingerprint density at radius 3 is 2.78 bits per heavy atom. The van der Waals surface area contributed by atoms with Crippen molar-refractivity contribution in [2.24, 2.45) is 7.05 Å². The third-order valence-corrected chi connectivity index (χ3v) is 3.20. The van der Waals surface area contributed by atoms with Gasteiger partial charge in [-0.05, 0) is 30.7 Å². The number of nitrogens with zero attached hydrogens (tertiary/aromatic N) is 2. The molecule has 0 saturated carbocycles. The largest absolute Gasteiger partial charge is 0.313 e. The number of benzene rings is 1. The lowest BCUT2D eigenvalue weighted by Gasteiger charge is -2.08. The van der Waals surface area contributed by atoms with Crippen molar-refractivity contribution in [3.05, 3.63) is 41.0 Å². The van der Waals surface area contributed by atoms with E-state index in [-0.39, 0.29) is 0 Å². The molecule has 1 aromatic carbocycles. The second-order valence-electron chi connectivity index (χ2n) is 4.33. The van der Waals surface area contributed by atoms with Gasteiger partial charge in [-0.25, -0.2) is 0 Å². The van der Waals surface area contributed by atoms with Crippen LogP contribution in [0.1, 0.15) is 18.9 Å². The fourth-order valence-electron chi connectivity index (χ4n) is 1.92. The van der Waals surface area contributed by atoms with Crippen molar-refractivity contribution in [3.8, 4) is 11.3 Å². The summed E-state index contributed by atoms with van der Waals surface area (Å²) >= 11 is 6.34. The summed E-state index contributed by atoms with van der Waals surface area (Å²) < 4.78 is 1.83. The van der Waals surface area contributed by atoms with E-state index in [1.54, 1.807) is 6.20 Å². The van der Waals surface area contributed by atoms with E-state index in [0.717, 1.165) is 35.8 Å². The third-order valence-electron chi connectivity index (χ3n) is 2.89. The van der Waals surface area contributed by atoms with E-state index in [1.165, 1.54) is 5.56 Å². The maximum Gasteiger partial charge on any atom is 0.0693 e. The summed E-state index contributed by atoms with van der Waals surface area (Å²) in [5.41, 5.74) is 3.27. The van der Waals surface area contributed by atoms with Crippen molar-refractivity contribution < 1.29 is 0 Å². The van der Waals surface area contributed by atoms with Crippen LogP contribution in [0, 0.1) is 0 Å². The molecule has 0 radical (unpaired) electrons. The molecule has 3 nitrogen and oxygen atoms in total. The van der Waals surface area contributed by atoms with Gasteiger partial charge in [0, 0.05) is 25.4 Å². The van der Waals surface area contributed by atoms with Crippen LogP contribution in [0.5, 0.6) is 0 Å². The number of nitrogens with one attached hydrogen (secondary N) is 1. The highest BCUT2D eigenvalue weighted by Crippen LogP contribution is 2.28. The second kappa shape index (κ2) is 6.03. The normalized spacial score (nSPS) is 10.8. The first-order valence-corrected chi connectivity index (χ1v) is 6.57. The summed E-state index contributed by atoms with van der Waals surface area (Å²) in [7, 11) is 1.92. The van der Waals surface area contributed by atoms with Gasteiger partial charge in [0.25, 0.3) is 0 Å². The van der Waals surface area contributed by atoms with Gasteiger partial charge < -0.3 is 5.32 Å². The minimum Gasteiger partial charge on any atom is -0.313 e. The first kappa shape index (κ1) is 13.1. The van der Waals surface area contributed by atoms with Crippen LogP contribution in [0.4, 0.5) is 0 Å². The van der Waals surface area contributed by atoms with Crippen molar-refractivity contribution in [2.75, 3.05) is 6.54 Å². The highest BCUT2D eigenvalue weighted by Gasteiger charge is 2.07. The van der Waals surface area contributed by atoms with Crippen molar-refractivity contribution >= 4 is 11.6 Å². The summed E-state index contributed by atoms with van der Waals surface area (Å²) in [5.74, 6) is 0. The number of halogens is 1. The van der Waals surface area contributed by atoms with Crippen LogP contribution in [0.3, 0.4) is 0 Å².